The Labute approximate surface area is 143 Å². The highest BCUT2D eigenvalue weighted by atomic mass is 16.5. The van der Waals surface area contributed by atoms with Crippen LogP contribution in [0.5, 0.6) is 5.88 Å². The summed E-state index contributed by atoms with van der Waals surface area (Å²) in [6.45, 7) is 1.96. The van der Waals surface area contributed by atoms with Crippen molar-refractivity contribution in [3.8, 4) is 5.88 Å². The van der Waals surface area contributed by atoms with Gasteiger partial charge in [-0.2, -0.15) is 4.98 Å². The second kappa shape index (κ2) is 10.3. The van der Waals surface area contributed by atoms with Gasteiger partial charge in [-0.15, -0.1) is 0 Å². The van der Waals surface area contributed by atoms with Crippen LogP contribution >= 0.6 is 0 Å². The van der Waals surface area contributed by atoms with Gasteiger partial charge in [0.05, 0.1) is 26.6 Å². The fourth-order valence-corrected chi connectivity index (χ4v) is 2.08. The van der Waals surface area contributed by atoms with E-state index in [9.17, 15) is 0 Å². The monoisotopic (exact) mass is 328 g/mol. The minimum atomic E-state index is 0.423. The maximum atomic E-state index is 5.87. The van der Waals surface area contributed by atoms with Crippen LogP contribution in [-0.2, 0) is 16.1 Å². The summed E-state index contributed by atoms with van der Waals surface area (Å²) in [5.74, 6) is 0.958. The molecule has 1 heterocycles. The molecule has 2 rings (SSSR count). The predicted molar refractivity (Wildman–Crippen MR) is 95.5 cm³/mol. The highest BCUT2D eigenvalue weighted by Crippen LogP contribution is 2.16. The summed E-state index contributed by atoms with van der Waals surface area (Å²) in [6, 6.07) is 13.8. The minimum Gasteiger partial charge on any atom is -0.504 e. The number of aromatic nitrogens is 1. The van der Waals surface area contributed by atoms with Crippen molar-refractivity contribution in [2.24, 2.45) is 0 Å². The molecule has 2 aromatic rings. The van der Waals surface area contributed by atoms with Gasteiger partial charge in [0.1, 0.15) is 5.82 Å². The Morgan fingerprint density at radius 1 is 1.04 bits per heavy atom. The number of anilines is 1. The van der Waals surface area contributed by atoms with Gasteiger partial charge in [-0.25, -0.2) is 0 Å². The molecule has 0 bridgehead atoms. The zero-order valence-electron chi connectivity index (χ0n) is 14.0. The molecule has 0 amide bonds. The van der Waals surface area contributed by atoms with Crippen LogP contribution in [-0.4, -0.2) is 25.3 Å². The van der Waals surface area contributed by atoms with E-state index in [1.54, 1.807) is 25.5 Å². The quantitative estimate of drug-likeness (QED) is 0.532. The number of methoxy groups -OCH3 is 1. The van der Waals surface area contributed by atoms with E-state index < -0.39 is 0 Å². The molecular weight excluding hydrogens is 304 g/mol. The molecule has 24 heavy (non-hydrogen) atoms. The van der Waals surface area contributed by atoms with Crippen LogP contribution < -0.4 is 10.5 Å². The molecule has 0 unspecified atom stereocenters. The van der Waals surface area contributed by atoms with Crippen LogP contribution in [0.25, 0.3) is 6.08 Å². The first-order chi connectivity index (χ1) is 11.8. The maximum Gasteiger partial charge on any atom is 0.215 e. The Balaban J connectivity index is 1.60. The molecule has 0 aliphatic heterocycles. The Hall–Kier alpha value is -2.53. The number of benzene rings is 1. The van der Waals surface area contributed by atoms with E-state index in [0.29, 0.717) is 31.5 Å². The van der Waals surface area contributed by atoms with Crippen LogP contribution in [0.4, 0.5) is 5.82 Å². The minimum absolute atomic E-state index is 0.423. The van der Waals surface area contributed by atoms with Crippen molar-refractivity contribution in [1.82, 2.24) is 4.98 Å². The van der Waals surface area contributed by atoms with Gasteiger partial charge in [0, 0.05) is 18.2 Å². The summed E-state index contributed by atoms with van der Waals surface area (Å²) >= 11 is 0. The van der Waals surface area contributed by atoms with Gasteiger partial charge >= 0.3 is 0 Å². The van der Waals surface area contributed by atoms with Crippen LogP contribution in [0, 0.1) is 0 Å². The third kappa shape index (κ3) is 6.30. The van der Waals surface area contributed by atoms with Crippen molar-refractivity contribution in [2.45, 2.75) is 19.4 Å². The number of ether oxygens (including phenoxy) is 3. The fourth-order valence-electron chi connectivity index (χ4n) is 2.08. The molecule has 5 nitrogen and oxygen atoms in total. The number of hydrogen-bond acceptors (Lipinski definition) is 5. The standard InChI is InChI=1S/C19H24N2O3/c1-22-14-11-17-9-10-18(21-19(17)20)24-13-6-5-12-23-15-16-7-3-2-4-8-16/h2-4,7-11,14H,5-6,12-13,15H2,1H3,(H2,20,21)/b14-11+. The zero-order chi connectivity index (χ0) is 17.0. The lowest BCUT2D eigenvalue weighted by Crippen LogP contribution is -2.03. The van der Waals surface area contributed by atoms with Crippen molar-refractivity contribution in [3.63, 3.8) is 0 Å². The van der Waals surface area contributed by atoms with Gasteiger partial charge in [0.15, 0.2) is 0 Å². The molecule has 128 valence electrons. The SMILES string of the molecule is CO/C=C/c1ccc(OCCCCOCc2ccccc2)nc1N. The number of unbranched alkanes of at least 4 members (excludes halogenated alkanes) is 1. The van der Waals surface area contributed by atoms with E-state index in [1.165, 1.54) is 5.56 Å². The third-order valence-electron chi connectivity index (χ3n) is 3.36. The molecule has 5 heteroatoms. The number of hydrogen-bond donors (Lipinski definition) is 1. The average molecular weight is 328 g/mol. The van der Waals surface area contributed by atoms with Crippen LogP contribution in [0.2, 0.25) is 0 Å². The molecule has 0 saturated carbocycles. The summed E-state index contributed by atoms with van der Waals surface area (Å²) in [7, 11) is 1.58. The lowest BCUT2D eigenvalue weighted by atomic mass is 10.2. The lowest BCUT2D eigenvalue weighted by molar-refractivity contribution is 0.113. The van der Waals surface area contributed by atoms with Gasteiger partial charge in [-0.05, 0) is 30.5 Å². The molecular formula is C19H24N2O3. The first-order valence-corrected chi connectivity index (χ1v) is 8.00. The van der Waals surface area contributed by atoms with E-state index in [2.05, 4.69) is 17.1 Å². The normalized spacial score (nSPS) is 10.9. The van der Waals surface area contributed by atoms with Crippen molar-refractivity contribution < 1.29 is 14.2 Å². The van der Waals surface area contributed by atoms with Gasteiger partial charge in [0.2, 0.25) is 5.88 Å². The molecule has 0 spiro atoms. The summed E-state index contributed by atoms with van der Waals surface area (Å²) < 4.78 is 16.1. The van der Waals surface area contributed by atoms with Gasteiger partial charge < -0.3 is 19.9 Å². The Morgan fingerprint density at radius 3 is 2.58 bits per heavy atom. The molecule has 0 fully saturated rings. The Kier molecular flexibility index (Phi) is 7.63. The molecule has 0 aliphatic rings. The topological polar surface area (TPSA) is 66.6 Å². The van der Waals surface area contributed by atoms with Crippen molar-refractivity contribution in [1.29, 1.82) is 0 Å². The van der Waals surface area contributed by atoms with E-state index >= 15 is 0 Å². The smallest absolute Gasteiger partial charge is 0.215 e. The average Bonchev–Trinajstić information content (AvgIpc) is 2.61. The first-order valence-electron chi connectivity index (χ1n) is 8.00. The molecule has 1 aromatic heterocycles. The molecule has 0 saturated heterocycles. The van der Waals surface area contributed by atoms with Crippen molar-refractivity contribution >= 4 is 11.9 Å². The maximum absolute atomic E-state index is 5.87. The van der Waals surface area contributed by atoms with Crippen LogP contribution in [0.1, 0.15) is 24.0 Å². The number of nitrogens with two attached hydrogens (primary N) is 1. The number of rotatable bonds is 10. The van der Waals surface area contributed by atoms with E-state index in [4.69, 9.17) is 19.9 Å². The van der Waals surface area contributed by atoms with E-state index in [-0.39, 0.29) is 0 Å². The zero-order valence-corrected chi connectivity index (χ0v) is 14.0. The van der Waals surface area contributed by atoms with Gasteiger partial charge in [-0.3, -0.25) is 0 Å². The van der Waals surface area contributed by atoms with E-state index in [0.717, 1.165) is 18.4 Å². The van der Waals surface area contributed by atoms with Crippen molar-refractivity contribution in [3.05, 3.63) is 59.9 Å². The van der Waals surface area contributed by atoms with E-state index in [1.807, 2.05) is 24.3 Å². The lowest BCUT2D eigenvalue weighted by Gasteiger charge is -2.08. The largest absolute Gasteiger partial charge is 0.504 e. The summed E-state index contributed by atoms with van der Waals surface area (Å²) in [5.41, 5.74) is 7.86. The predicted octanol–water partition coefficient (Wildman–Crippen LogP) is 3.66. The third-order valence-corrected chi connectivity index (χ3v) is 3.36. The Morgan fingerprint density at radius 2 is 1.83 bits per heavy atom. The highest BCUT2D eigenvalue weighted by molar-refractivity contribution is 5.60. The fraction of sp³-hybridized carbons (Fsp3) is 0.316. The molecule has 0 aliphatic carbocycles. The number of nitrogens with zero attached hydrogens (tertiary/aromatic N) is 1. The molecule has 0 atom stereocenters. The second-order valence-corrected chi connectivity index (χ2v) is 5.26. The van der Waals surface area contributed by atoms with Crippen LogP contribution in [0.15, 0.2) is 48.7 Å². The Bertz CT molecular complexity index is 630. The number of pyridine rings is 1. The highest BCUT2D eigenvalue weighted by Gasteiger charge is 2.01. The summed E-state index contributed by atoms with van der Waals surface area (Å²) in [5, 5.41) is 0. The molecule has 0 radical (unpaired) electrons. The van der Waals surface area contributed by atoms with Gasteiger partial charge in [0.25, 0.3) is 0 Å². The second-order valence-electron chi connectivity index (χ2n) is 5.26. The molecule has 2 N–H and O–H groups in total. The van der Waals surface area contributed by atoms with Crippen LogP contribution in [0.3, 0.4) is 0 Å². The summed E-state index contributed by atoms with van der Waals surface area (Å²) in [6.07, 6.45) is 5.16. The first kappa shape index (κ1) is 17.8. The molecule has 1 aromatic carbocycles. The van der Waals surface area contributed by atoms with Gasteiger partial charge in [-0.1, -0.05) is 30.3 Å². The van der Waals surface area contributed by atoms with Crippen molar-refractivity contribution in [2.75, 3.05) is 26.1 Å². The number of nitrogen functional groups attached to an aromatic ring is 1. The summed E-state index contributed by atoms with van der Waals surface area (Å²) in [4.78, 5) is 4.22.